The Morgan fingerprint density at radius 2 is 1.53 bits per heavy atom. The zero-order valence-electron chi connectivity index (χ0n) is 10.1. The normalized spacial score (nSPS) is 32.7. The van der Waals surface area contributed by atoms with Crippen molar-refractivity contribution in [1.82, 2.24) is 0 Å². The van der Waals surface area contributed by atoms with Gasteiger partial charge in [-0.2, -0.15) is 0 Å². The summed E-state index contributed by atoms with van der Waals surface area (Å²) in [5, 5.41) is 43.5. The maximum Gasteiger partial charge on any atom is 0 e. The van der Waals surface area contributed by atoms with Gasteiger partial charge < -0.3 is 0 Å². The second kappa shape index (κ2) is 17.0. The van der Waals surface area contributed by atoms with Crippen molar-refractivity contribution in [2.24, 2.45) is 5.73 Å². The molecular weight excluding hydrogens is 1180 g/mol. The molecule has 0 aromatic carbocycles. The van der Waals surface area contributed by atoms with E-state index in [0.29, 0.717) is 0 Å². The van der Waals surface area contributed by atoms with E-state index in [1.807, 2.05) is 0 Å². The fourth-order valence-electron chi connectivity index (χ4n) is 1.29. The first-order chi connectivity index (χ1) is 6.97. The van der Waals surface area contributed by atoms with E-state index >= 15 is 0 Å². The van der Waals surface area contributed by atoms with Gasteiger partial charge in [0, 0.05) is 176 Å². The standard InChI is InChI=1S/C7H14N2O5Se.4Ac/c8-7(9)15-6-5(13)4(12)3(11)2(1-10)14-6;;;;/h2-6,10-13H,1H2,(H3,8,9);;;;. The van der Waals surface area contributed by atoms with E-state index in [4.69, 9.17) is 21.0 Å². The van der Waals surface area contributed by atoms with Crippen LogP contribution in [0.4, 0.5) is 0 Å². The van der Waals surface area contributed by atoms with Gasteiger partial charge >= 0.3 is 92.0 Å². The zero-order valence-corrected chi connectivity index (χ0v) is 30.8. The Bertz CT molecular complexity index is 254. The fraction of sp³-hybridized carbons (Fsp3) is 0.857. The summed E-state index contributed by atoms with van der Waals surface area (Å²) in [4.78, 5) is 0. The summed E-state index contributed by atoms with van der Waals surface area (Å²) < 4.78 is 5.01. The van der Waals surface area contributed by atoms with Crippen molar-refractivity contribution < 1.29 is 201 Å². The first kappa shape index (κ1) is 32.2. The summed E-state index contributed by atoms with van der Waals surface area (Å²) in [5.41, 5.74) is 5.17. The second-order valence-corrected chi connectivity index (χ2v) is 5.57. The van der Waals surface area contributed by atoms with Gasteiger partial charge in [-0.1, -0.05) is 0 Å². The molecule has 0 aliphatic carbocycles. The maximum absolute atomic E-state index is 9.52. The molecule has 1 aliphatic rings. The first-order valence-electron chi connectivity index (χ1n) is 4.28. The van der Waals surface area contributed by atoms with Gasteiger partial charge in [0.25, 0.3) is 0 Å². The van der Waals surface area contributed by atoms with Gasteiger partial charge in [-0.3, -0.25) is 0 Å². The van der Waals surface area contributed by atoms with E-state index in [9.17, 15) is 15.3 Å². The Morgan fingerprint density at radius 3 is 1.89 bits per heavy atom. The van der Waals surface area contributed by atoms with Crippen LogP contribution in [0.1, 0.15) is 0 Å². The molecule has 1 heterocycles. The first-order valence-corrected chi connectivity index (χ1v) is 6.13. The van der Waals surface area contributed by atoms with E-state index < -0.39 is 51.0 Å². The molecule has 7 nitrogen and oxygen atoms in total. The predicted molar refractivity (Wildman–Crippen MR) is 51.4 cm³/mol. The molecule has 1 fully saturated rings. The Hall–Kier alpha value is 5.56. The van der Waals surface area contributed by atoms with E-state index in [2.05, 4.69) is 0 Å². The molecule has 7 N–H and O–H groups in total. The van der Waals surface area contributed by atoms with Crippen molar-refractivity contribution >= 4 is 19.7 Å². The quantitative estimate of drug-likeness (QED) is 0.0983. The van der Waals surface area contributed by atoms with Gasteiger partial charge in [-0.05, 0) is 0 Å². The van der Waals surface area contributed by atoms with Crippen LogP contribution in [-0.4, -0.2) is 76.1 Å². The number of hydrogen-bond acceptors (Lipinski definition) is 6. The summed E-state index contributed by atoms with van der Waals surface area (Å²) >= 11 is -0.631. The number of nitrogens with two attached hydrogens (primary N) is 1. The molecule has 0 spiro atoms. The fourth-order valence-corrected chi connectivity index (χ4v) is 2.86. The summed E-state index contributed by atoms with van der Waals surface area (Å²) in [6, 6.07) is 0. The third kappa shape index (κ3) is 11.0. The molecule has 0 saturated carbocycles. The molecule has 0 amide bonds. The molecule has 0 aromatic heterocycles. The molecule has 12 heteroatoms. The molecule has 1 rings (SSSR count). The Kier molecular flexibility index (Phi) is 28.8. The number of amidine groups is 1. The Morgan fingerprint density at radius 1 is 1.05 bits per heavy atom. The summed E-state index contributed by atoms with van der Waals surface area (Å²) in [5.74, 6) is 0. The van der Waals surface area contributed by atoms with Gasteiger partial charge in [0.15, 0.2) is 0 Å². The van der Waals surface area contributed by atoms with Crippen LogP contribution in [-0.2, 0) is 4.74 Å². The van der Waals surface area contributed by atoms with Crippen LogP contribution >= 0.6 is 0 Å². The average Bonchev–Trinajstić information content (AvgIpc) is 2.18. The smallest absolute Gasteiger partial charge is 0 e. The molecule has 100 valence electrons. The number of aliphatic hydroxyl groups excluding tert-OH is 4. The van der Waals surface area contributed by atoms with Crippen LogP contribution in [0, 0.1) is 182 Å². The third-order valence-corrected chi connectivity index (χ3v) is 3.93. The van der Waals surface area contributed by atoms with Crippen molar-refractivity contribution in [2.75, 3.05) is 6.61 Å². The van der Waals surface area contributed by atoms with Crippen molar-refractivity contribution in [3.8, 4) is 0 Å². The minimum Gasteiger partial charge on any atom is 0 e. The minimum atomic E-state index is -1.39. The minimum absolute atomic E-state index is 0. The van der Waals surface area contributed by atoms with E-state index in [-0.39, 0.29) is 181 Å². The van der Waals surface area contributed by atoms with Crippen LogP contribution in [0.2, 0.25) is 0 Å². The summed E-state index contributed by atoms with van der Waals surface area (Å²) in [7, 11) is 0. The molecule has 4 radical (unpaired) electrons. The van der Waals surface area contributed by atoms with Crippen LogP contribution in [0.25, 0.3) is 0 Å². The molecule has 0 bridgehead atoms. The van der Waals surface area contributed by atoms with Crippen molar-refractivity contribution in [3.05, 3.63) is 0 Å². The van der Waals surface area contributed by atoms with E-state index in [1.165, 1.54) is 0 Å². The third-order valence-electron chi connectivity index (χ3n) is 2.09. The predicted octanol–water partition coefficient (Wildman–Crippen LogP) is -3.62. The maximum atomic E-state index is 9.52. The number of ether oxygens (including phenoxy) is 1. The van der Waals surface area contributed by atoms with Gasteiger partial charge in [0.05, 0.1) is 0 Å². The number of hydrogen-bond donors (Lipinski definition) is 6. The van der Waals surface area contributed by atoms with Crippen molar-refractivity contribution in [3.63, 3.8) is 0 Å². The van der Waals surface area contributed by atoms with E-state index in [0.717, 1.165) is 0 Å². The van der Waals surface area contributed by atoms with Crippen LogP contribution in [0.15, 0.2) is 0 Å². The zero-order chi connectivity index (χ0) is 11.6. The molecular formula is C7H14Ac4N2O5Se. The average molecular weight is 1190 g/mol. The van der Waals surface area contributed by atoms with Gasteiger partial charge in [-0.25, -0.2) is 0 Å². The Labute approximate surface area is 261 Å². The van der Waals surface area contributed by atoms with Crippen LogP contribution in [0.3, 0.4) is 0 Å². The second-order valence-electron chi connectivity index (χ2n) is 3.18. The van der Waals surface area contributed by atoms with E-state index in [1.54, 1.807) is 0 Å². The number of nitrogens with one attached hydrogen (secondary N) is 1. The molecule has 19 heavy (non-hydrogen) atoms. The van der Waals surface area contributed by atoms with Gasteiger partial charge in [0.2, 0.25) is 0 Å². The van der Waals surface area contributed by atoms with Crippen LogP contribution in [0.5, 0.6) is 0 Å². The number of aliphatic hydroxyl groups is 4. The topological polar surface area (TPSA) is 140 Å². The Balaban J connectivity index is -0.000000281. The monoisotopic (exact) mass is 1190 g/mol. The molecule has 5 unspecified atom stereocenters. The summed E-state index contributed by atoms with van der Waals surface area (Å²) in [6.45, 7) is -0.463. The summed E-state index contributed by atoms with van der Waals surface area (Å²) in [6.07, 6.45) is -4.95. The molecule has 5 atom stereocenters. The molecule has 0 aromatic rings. The van der Waals surface area contributed by atoms with Gasteiger partial charge in [-0.15, -0.1) is 0 Å². The SMILES string of the molecule is N=C(N)[Se]C1OC(CO)C(O)C(O)C1O.[Ac].[Ac].[Ac].[Ac]. The van der Waals surface area contributed by atoms with Crippen molar-refractivity contribution in [1.29, 1.82) is 5.41 Å². The largest absolute Gasteiger partial charge is 0 e. The molecule has 1 saturated heterocycles. The van der Waals surface area contributed by atoms with Crippen LogP contribution < -0.4 is 5.73 Å². The molecule has 1 aliphatic heterocycles. The van der Waals surface area contributed by atoms with Gasteiger partial charge in [0.1, 0.15) is 0 Å². The number of rotatable bonds is 3. The van der Waals surface area contributed by atoms with Crippen molar-refractivity contribution in [2.45, 2.75) is 29.4 Å².